The number of benzene rings is 2. The van der Waals surface area contributed by atoms with Crippen LogP contribution in [0.5, 0.6) is 5.75 Å². The molecule has 0 unspecified atom stereocenters. The Hall–Kier alpha value is -2.38. The molecule has 0 spiro atoms. The van der Waals surface area contributed by atoms with Crippen molar-refractivity contribution >= 4 is 15.9 Å². The summed E-state index contributed by atoms with van der Waals surface area (Å²) in [5.41, 5.74) is 1.27. The molecule has 1 heterocycles. The highest BCUT2D eigenvalue weighted by atomic mass is 32.2. The number of amides is 1. The number of methoxy groups -OCH3 is 1. The van der Waals surface area contributed by atoms with Gasteiger partial charge in [0.1, 0.15) is 5.75 Å². The zero-order valence-electron chi connectivity index (χ0n) is 16.9. The minimum Gasteiger partial charge on any atom is -0.497 e. The van der Waals surface area contributed by atoms with Gasteiger partial charge in [-0.05, 0) is 55.7 Å². The van der Waals surface area contributed by atoms with Gasteiger partial charge in [-0.25, -0.2) is 8.42 Å². The molecule has 3 rings (SSSR count). The quantitative estimate of drug-likeness (QED) is 0.778. The summed E-state index contributed by atoms with van der Waals surface area (Å²) in [6.07, 6.45) is 3.85. The fourth-order valence-electron chi connectivity index (χ4n) is 3.48. The molecule has 2 aromatic carbocycles. The predicted molar refractivity (Wildman–Crippen MR) is 113 cm³/mol. The fourth-order valence-corrected chi connectivity index (χ4v) is 5.05. The molecule has 29 heavy (non-hydrogen) atoms. The lowest BCUT2D eigenvalue weighted by Gasteiger charge is -2.20. The van der Waals surface area contributed by atoms with E-state index < -0.39 is 10.0 Å². The molecule has 6 nitrogen and oxygen atoms in total. The third kappa shape index (κ3) is 5.16. The molecule has 1 N–H and O–H groups in total. The molecule has 156 valence electrons. The molecule has 7 heteroatoms. The van der Waals surface area contributed by atoms with E-state index in [0.717, 1.165) is 37.0 Å². The van der Waals surface area contributed by atoms with Crippen molar-refractivity contribution in [2.45, 2.75) is 43.5 Å². The van der Waals surface area contributed by atoms with Crippen LogP contribution in [0.1, 0.15) is 54.6 Å². The Morgan fingerprint density at radius 2 is 1.69 bits per heavy atom. The lowest BCUT2D eigenvalue weighted by atomic mass is 10.1. The Kier molecular flexibility index (Phi) is 6.92. The number of ether oxygens (including phenoxy) is 1. The Morgan fingerprint density at radius 1 is 1.03 bits per heavy atom. The number of hydrogen-bond donors (Lipinski definition) is 1. The van der Waals surface area contributed by atoms with Crippen LogP contribution in [0.25, 0.3) is 0 Å². The van der Waals surface area contributed by atoms with Crippen LogP contribution in [-0.4, -0.2) is 38.8 Å². The largest absolute Gasteiger partial charge is 0.497 e. The average Bonchev–Trinajstić information content (AvgIpc) is 3.04. The molecule has 1 amide bonds. The highest BCUT2D eigenvalue weighted by molar-refractivity contribution is 7.89. The highest BCUT2D eigenvalue weighted by Crippen LogP contribution is 2.22. The zero-order chi connectivity index (χ0) is 20.9. The van der Waals surface area contributed by atoms with E-state index >= 15 is 0 Å². The number of carbonyl (C=O) groups is 1. The standard InChI is InChI=1S/C22H28N2O4S/c1-17(18-10-12-20(28-2)13-11-18)23-22(25)19-8-7-9-21(16-19)29(26,27)24-14-5-3-4-6-15-24/h7-13,16-17H,3-6,14-15H2,1-2H3,(H,23,25)/t17-/m0/s1. The van der Waals surface area contributed by atoms with Gasteiger partial charge in [-0.15, -0.1) is 0 Å². The van der Waals surface area contributed by atoms with Gasteiger partial charge in [0.05, 0.1) is 18.0 Å². The number of carbonyl (C=O) groups excluding carboxylic acids is 1. The van der Waals surface area contributed by atoms with Crippen molar-refractivity contribution in [1.29, 1.82) is 0 Å². The summed E-state index contributed by atoms with van der Waals surface area (Å²) in [6.45, 7) is 2.96. The van der Waals surface area contributed by atoms with Gasteiger partial charge in [0.2, 0.25) is 10.0 Å². The normalized spacial score (nSPS) is 16.6. The Bertz CT molecular complexity index is 934. The number of nitrogens with zero attached hydrogens (tertiary/aromatic N) is 1. The second-order valence-corrected chi connectivity index (χ2v) is 9.25. The average molecular weight is 417 g/mol. The monoisotopic (exact) mass is 416 g/mol. The molecule has 0 aromatic heterocycles. The number of nitrogens with one attached hydrogen (secondary N) is 1. The summed E-state index contributed by atoms with van der Waals surface area (Å²) in [5.74, 6) is 0.444. The van der Waals surface area contributed by atoms with Crippen LogP contribution in [0.4, 0.5) is 0 Å². The predicted octanol–water partition coefficient (Wildman–Crippen LogP) is 3.75. The van der Waals surface area contributed by atoms with Crippen molar-refractivity contribution < 1.29 is 17.9 Å². The van der Waals surface area contributed by atoms with E-state index in [9.17, 15) is 13.2 Å². The van der Waals surface area contributed by atoms with Gasteiger partial charge in [0.15, 0.2) is 0 Å². The second-order valence-electron chi connectivity index (χ2n) is 7.31. The zero-order valence-corrected chi connectivity index (χ0v) is 17.7. The summed E-state index contributed by atoms with van der Waals surface area (Å²) < 4.78 is 32.7. The minimum atomic E-state index is -3.59. The molecule has 0 radical (unpaired) electrons. The van der Waals surface area contributed by atoms with Gasteiger partial charge in [0.25, 0.3) is 5.91 Å². The van der Waals surface area contributed by atoms with Crippen LogP contribution >= 0.6 is 0 Å². The van der Waals surface area contributed by atoms with Gasteiger partial charge in [-0.2, -0.15) is 4.31 Å². The van der Waals surface area contributed by atoms with E-state index in [0.29, 0.717) is 18.7 Å². The molecular weight excluding hydrogens is 388 g/mol. The molecule has 1 aliphatic rings. The Balaban J connectivity index is 1.74. The van der Waals surface area contributed by atoms with E-state index in [2.05, 4.69) is 5.32 Å². The molecular formula is C22H28N2O4S. The summed E-state index contributed by atoms with van der Waals surface area (Å²) in [4.78, 5) is 12.9. The van der Waals surface area contributed by atoms with Gasteiger partial charge < -0.3 is 10.1 Å². The number of rotatable bonds is 6. The summed E-state index contributed by atoms with van der Waals surface area (Å²) in [5, 5.41) is 2.93. The van der Waals surface area contributed by atoms with Crippen LogP contribution in [0.15, 0.2) is 53.4 Å². The Labute approximate surface area is 172 Å². The van der Waals surface area contributed by atoms with Crippen LogP contribution < -0.4 is 10.1 Å². The summed E-state index contributed by atoms with van der Waals surface area (Å²) >= 11 is 0. The van der Waals surface area contributed by atoms with E-state index in [-0.39, 0.29) is 16.8 Å². The smallest absolute Gasteiger partial charge is 0.251 e. The maximum Gasteiger partial charge on any atom is 0.251 e. The lowest BCUT2D eigenvalue weighted by Crippen LogP contribution is -2.32. The van der Waals surface area contributed by atoms with E-state index in [1.54, 1.807) is 25.3 Å². The van der Waals surface area contributed by atoms with Crippen molar-refractivity contribution in [2.75, 3.05) is 20.2 Å². The maximum absolute atomic E-state index is 13.0. The third-order valence-corrected chi connectivity index (χ3v) is 7.16. The Morgan fingerprint density at radius 3 is 2.31 bits per heavy atom. The van der Waals surface area contributed by atoms with Crippen molar-refractivity contribution in [2.24, 2.45) is 0 Å². The van der Waals surface area contributed by atoms with E-state index in [1.165, 1.54) is 10.4 Å². The topological polar surface area (TPSA) is 75.7 Å². The molecule has 0 aliphatic carbocycles. The van der Waals surface area contributed by atoms with Gasteiger partial charge in [0, 0.05) is 18.7 Å². The first-order chi connectivity index (χ1) is 13.9. The van der Waals surface area contributed by atoms with Crippen LogP contribution in [0.2, 0.25) is 0 Å². The summed E-state index contributed by atoms with van der Waals surface area (Å²) in [6, 6.07) is 13.5. The SMILES string of the molecule is COc1ccc([C@H](C)NC(=O)c2cccc(S(=O)(=O)N3CCCCCC3)c2)cc1. The summed E-state index contributed by atoms with van der Waals surface area (Å²) in [7, 11) is -1.99. The first kappa shape index (κ1) is 21.3. The van der Waals surface area contributed by atoms with Gasteiger partial charge in [-0.3, -0.25) is 4.79 Å². The van der Waals surface area contributed by atoms with Crippen molar-refractivity contribution in [3.8, 4) is 5.75 Å². The van der Waals surface area contributed by atoms with E-state index in [1.807, 2.05) is 31.2 Å². The second kappa shape index (κ2) is 9.41. The van der Waals surface area contributed by atoms with E-state index in [4.69, 9.17) is 4.74 Å². The molecule has 1 saturated heterocycles. The van der Waals surface area contributed by atoms with Gasteiger partial charge >= 0.3 is 0 Å². The molecule has 1 aliphatic heterocycles. The van der Waals surface area contributed by atoms with Gasteiger partial charge in [-0.1, -0.05) is 31.0 Å². The van der Waals surface area contributed by atoms with Crippen molar-refractivity contribution in [3.63, 3.8) is 0 Å². The molecule has 2 aromatic rings. The third-order valence-electron chi connectivity index (χ3n) is 5.26. The minimum absolute atomic E-state index is 0.171. The first-order valence-electron chi connectivity index (χ1n) is 9.97. The highest BCUT2D eigenvalue weighted by Gasteiger charge is 2.26. The maximum atomic E-state index is 13.0. The van der Waals surface area contributed by atoms with Crippen molar-refractivity contribution in [1.82, 2.24) is 9.62 Å². The van der Waals surface area contributed by atoms with Crippen LogP contribution in [-0.2, 0) is 10.0 Å². The number of sulfonamides is 1. The lowest BCUT2D eigenvalue weighted by molar-refractivity contribution is 0.0939. The molecule has 1 fully saturated rings. The fraction of sp³-hybridized carbons (Fsp3) is 0.409. The molecule has 0 bridgehead atoms. The molecule has 1 atom stereocenters. The van der Waals surface area contributed by atoms with Crippen LogP contribution in [0, 0.1) is 0 Å². The number of hydrogen-bond acceptors (Lipinski definition) is 4. The first-order valence-corrected chi connectivity index (χ1v) is 11.4. The molecule has 0 saturated carbocycles. The van der Waals surface area contributed by atoms with Crippen molar-refractivity contribution in [3.05, 3.63) is 59.7 Å². The van der Waals surface area contributed by atoms with Crippen LogP contribution in [0.3, 0.4) is 0 Å².